The monoisotopic (exact) mass is 193 g/mol. The Morgan fingerprint density at radius 3 is 2.38 bits per heavy atom. The van der Waals surface area contributed by atoms with Crippen molar-refractivity contribution >= 4 is 0 Å². The highest BCUT2D eigenvalue weighted by molar-refractivity contribution is 4.76. The number of hydrogen-bond acceptors (Lipinski definition) is 9. The fraction of sp³-hybridized carbons (Fsp3) is 0. The van der Waals surface area contributed by atoms with Crippen LogP contribution in [0.2, 0.25) is 0 Å². The summed E-state index contributed by atoms with van der Waals surface area (Å²) in [5.74, 6) is 0. The second kappa shape index (κ2) is 3.40. The first-order valence-electron chi connectivity index (χ1n) is 2.76. The van der Waals surface area contributed by atoms with Crippen molar-refractivity contribution in [1.82, 2.24) is 15.9 Å². The molecule has 1 aliphatic rings. The molecule has 0 amide bonds. The lowest BCUT2D eigenvalue weighted by Crippen LogP contribution is -2.43. The molecule has 11 nitrogen and oxygen atoms in total. The van der Waals surface area contributed by atoms with E-state index in [1.807, 2.05) is 0 Å². The van der Waals surface area contributed by atoms with E-state index in [1.165, 1.54) is 0 Å². The van der Waals surface area contributed by atoms with Crippen molar-refractivity contribution in [2.45, 2.75) is 0 Å². The third-order valence-corrected chi connectivity index (χ3v) is 0.860. The fourth-order valence-corrected chi connectivity index (χ4v) is 0.530. The summed E-state index contributed by atoms with van der Waals surface area (Å²) < 4.78 is 0. The largest absolute Gasteiger partial charge is 0.318 e. The van der Waals surface area contributed by atoms with Crippen LogP contribution in [0, 0.1) is 20.2 Å². The molecule has 11 heteroatoms. The molecular weight excluding hydrogens is 190 g/mol. The van der Waals surface area contributed by atoms with Crippen LogP contribution in [-0.4, -0.2) is 20.6 Å². The lowest BCUT2D eigenvalue weighted by atomic mass is 11.0. The Balaban J connectivity index is 2.47. The Labute approximate surface area is 69.8 Å². The smallest absolute Gasteiger partial charge is 0.282 e. The Morgan fingerprint density at radius 1 is 1.23 bits per heavy atom. The molecule has 0 radical (unpaired) electrons. The Kier molecular flexibility index (Phi) is 2.30. The molecule has 0 bridgehead atoms. The van der Waals surface area contributed by atoms with Gasteiger partial charge in [-0.25, -0.2) is 0 Å². The molecule has 0 aromatic carbocycles. The molecule has 0 spiro atoms. The van der Waals surface area contributed by atoms with Crippen LogP contribution in [0.5, 0.6) is 0 Å². The van der Waals surface area contributed by atoms with Crippen LogP contribution in [0.1, 0.15) is 0 Å². The quantitative estimate of drug-likeness (QED) is 0.430. The third-order valence-electron chi connectivity index (χ3n) is 0.860. The van der Waals surface area contributed by atoms with Gasteiger partial charge in [-0.2, -0.15) is 9.88 Å². The maximum atomic E-state index is 9.81. The lowest BCUT2D eigenvalue weighted by Gasteiger charge is -2.20. The minimum atomic E-state index is -1.17. The summed E-state index contributed by atoms with van der Waals surface area (Å²) in [6.07, 6.45) is 2.14. The van der Waals surface area contributed by atoms with Gasteiger partial charge in [0.15, 0.2) is 0 Å². The molecule has 0 saturated carbocycles. The van der Waals surface area contributed by atoms with Crippen LogP contribution >= 0.6 is 0 Å². The van der Waals surface area contributed by atoms with Crippen molar-refractivity contribution < 1.29 is 20.0 Å². The minimum absolute atomic E-state index is 0.308. The number of rotatable bonds is 4. The normalized spacial score (nSPS) is 15.2. The molecule has 72 valence electrons. The van der Waals surface area contributed by atoms with Gasteiger partial charge in [0.25, 0.3) is 0 Å². The topological polar surface area (TPSA) is 123 Å². The van der Waals surface area contributed by atoms with Crippen LogP contribution in [0.4, 0.5) is 0 Å². The van der Waals surface area contributed by atoms with Gasteiger partial charge in [-0.15, -0.1) is 25.4 Å². The van der Waals surface area contributed by atoms with Crippen molar-refractivity contribution in [3.63, 3.8) is 0 Å². The van der Waals surface area contributed by atoms with E-state index < -0.39 is 10.2 Å². The molecule has 0 aliphatic carbocycles. The van der Waals surface area contributed by atoms with Crippen LogP contribution in [0.3, 0.4) is 0 Å². The minimum Gasteiger partial charge on any atom is -0.282 e. The summed E-state index contributed by atoms with van der Waals surface area (Å²) in [7, 11) is 0. The summed E-state index contributed by atoms with van der Waals surface area (Å²) in [4.78, 5) is 27.3. The molecule has 1 heterocycles. The molecule has 1 N–H and O–H groups in total. The van der Waals surface area contributed by atoms with E-state index in [0.29, 0.717) is 10.5 Å². The molecule has 0 aromatic rings. The average molecular weight is 193 g/mol. The molecule has 0 atom stereocenters. The second-order valence-electron chi connectivity index (χ2n) is 1.63. The van der Waals surface area contributed by atoms with E-state index in [1.54, 1.807) is 0 Å². The average Bonchev–Trinajstić information content (AvgIpc) is 2.34. The molecule has 1 rings (SSSR count). The van der Waals surface area contributed by atoms with Crippen molar-refractivity contribution in [3.8, 4) is 0 Å². The molecule has 13 heavy (non-hydrogen) atoms. The number of nitrogens with one attached hydrogen (secondary N) is 1. The van der Waals surface area contributed by atoms with E-state index >= 15 is 0 Å². The first kappa shape index (κ1) is 8.79. The van der Waals surface area contributed by atoms with Crippen LogP contribution < -0.4 is 5.43 Å². The van der Waals surface area contributed by atoms with Gasteiger partial charge in [-0.05, 0) is 0 Å². The Hall–Kier alpha value is -2.30. The maximum Gasteiger partial charge on any atom is 0.318 e. The van der Waals surface area contributed by atoms with Gasteiger partial charge in [-0.1, -0.05) is 0 Å². The highest BCUT2D eigenvalue weighted by Gasteiger charge is 2.22. The van der Waals surface area contributed by atoms with Gasteiger partial charge in [0.2, 0.25) is 0 Å². The van der Waals surface area contributed by atoms with Gasteiger partial charge in [-0.3, -0.25) is 5.43 Å². The van der Waals surface area contributed by atoms with E-state index in [4.69, 9.17) is 0 Å². The summed E-state index contributed by atoms with van der Waals surface area (Å²) in [5.41, 5.74) is 2.13. The summed E-state index contributed by atoms with van der Waals surface area (Å²) in [5, 5.41) is 18.0. The van der Waals surface area contributed by atoms with Crippen molar-refractivity contribution in [1.29, 1.82) is 0 Å². The van der Waals surface area contributed by atoms with E-state index in [0.717, 1.165) is 12.4 Å². The maximum absolute atomic E-state index is 9.81. The molecular formula is C2H3N5O6. The molecule has 1 aliphatic heterocycles. The second-order valence-corrected chi connectivity index (χ2v) is 1.63. The standard InChI is InChI=1S/C2H3N5O6/c8-6(9)12-4-2-1-3-5(4)13-7(10)11/h1-3H. The highest BCUT2D eigenvalue weighted by Crippen LogP contribution is 2.04. The summed E-state index contributed by atoms with van der Waals surface area (Å²) in [6, 6.07) is 0. The number of hydroxylamine groups is 1. The summed E-state index contributed by atoms with van der Waals surface area (Å²) >= 11 is 0. The SMILES string of the molecule is O=[N+]([O-])ON1C=CNN1O[N+](=O)[O-]. The third kappa shape index (κ3) is 2.33. The zero-order chi connectivity index (χ0) is 9.84. The van der Waals surface area contributed by atoms with E-state index in [2.05, 4.69) is 15.3 Å². The van der Waals surface area contributed by atoms with Gasteiger partial charge >= 0.3 is 10.2 Å². The predicted molar refractivity (Wildman–Crippen MR) is 32.1 cm³/mol. The first-order valence-corrected chi connectivity index (χ1v) is 2.76. The summed E-state index contributed by atoms with van der Waals surface area (Å²) in [6.45, 7) is 0. The fourth-order valence-electron chi connectivity index (χ4n) is 0.530. The van der Waals surface area contributed by atoms with Crippen molar-refractivity contribution in [2.24, 2.45) is 0 Å². The number of hydrogen-bond donors (Lipinski definition) is 1. The molecule has 0 unspecified atom stereocenters. The first-order chi connectivity index (χ1) is 6.09. The van der Waals surface area contributed by atoms with E-state index in [-0.39, 0.29) is 0 Å². The van der Waals surface area contributed by atoms with Gasteiger partial charge in [0.05, 0.1) is 11.5 Å². The predicted octanol–water partition coefficient (Wildman–Crippen LogP) is -1.26. The lowest BCUT2D eigenvalue weighted by molar-refractivity contribution is -0.880. The van der Waals surface area contributed by atoms with Gasteiger partial charge in [0.1, 0.15) is 0 Å². The van der Waals surface area contributed by atoms with Crippen LogP contribution in [0.15, 0.2) is 12.4 Å². The highest BCUT2D eigenvalue weighted by atomic mass is 17.1. The zero-order valence-corrected chi connectivity index (χ0v) is 5.89. The zero-order valence-electron chi connectivity index (χ0n) is 5.89. The Morgan fingerprint density at radius 2 is 1.85 bits per heavy atom. The van der Waals surface area contributed by atoms with Crippen LogP contribution in [-0.2, 0) is 9.88 Å². The Bertz CT molecular complexity index is 251. The molecule has 0 fully saturated rings. The van der Waals surface area contributed by atoms with Crippen molar-refractivity contribution in [3.05, 3.63) is 32.6 Å². The molecule has 0 saturated heterocycles. The van der Waals surface area contributed by atoms with Gasteiger partial charge < -0.3 is 0 Å². The van der Waals surface area contributed by atoms with Crippen molar-refractivity contribution in [2.75, 3.05) is 0 Å². The van der Waals surface area contributed by atoms with Gasteiger partial charge in [0, 0.05) is 6.20 Å². The number of hydrazine groups is 2. The van der Waals surface area contributed by atoms with E-state index in [9.17, 15) is 20.2 Å². The number of nitrogens with zero attached hydrogens (tertiary/aromatic N) is 4. The van der Waals surface area contributed by atoms with Crippen LogP contribution in [0.25, 0.3) is 0 Å². The molecule has 0 aromatic heterocycles.